The summed E-state index contributed by atoms with van der Waals surface area (Å²) in [4.78, 5) is 25.1. The van der Waals surface area contributed by atoms with Gasteiger partial charge in [0.1, 0.15) is 10.7 Å². The summed E-state index contributed by atoms with van der Waals surface area (Å²) in [6.07, 6.45) is 0.180. The summed E-state index contributed by atoms with van der Waals surface area (Å²) in [7, 11) is 0. The molecular formula is C20H13ClFNO3S. The van der Waals surface area contributed by atoms with E-state index in [-0.39, 0.29) is 23.1 Å². The number of carboxylic acids is 1. The predicted octanol–water partition coefficient (Wildman–Crippen LogP) is 5.38. The van der Waals surface area contributed by atoms with E-state index in [4.69, 9.17) is 11.6 Å². The number of anilines is 1. The largest absolute Gasteiger partial charge is 0.477 e. The molecule has 1 atom stereocenters. The van der Waals surface area contributed by atoms with Crippen LogP contribution in [-0.4, -0.2) is 17.0 Å². The van der Waals surface area contributed by atoms with Gasteiger partial charge in [-0.2, -0.15) is 0 Å². The second-order valence-corrected chi connectivity index (χ2v) is 7.64. The number of fused-ring (bicyclic) bond motifs is 1. The van der Waals surface area contributed by atoms with Crippen molar-refractivity contribution < 1.29 is 19.1 Å². The summed E-state index contributed by atoms with van der Waals surface area (Å²) in [5.41, 5.74) is 2.17. The summed E-state index contributed by atoms with van der Waals surface area (Å²) in [6.45, 7) is 0. The van der Waals surface area contributed by atoms with Crippen LogP contribution in [0, 0.1) is 5.82 Å². The molecule has 0 saturated heterocycles. The van der Waals surface area contributed by atoms with Crippen LogP contribution in [0.2, 0.25) is 5.02 Å². The molecule has 4 nitrogen and oxygen atoms in total. The maximum atomic E-state index is 13.3. The summed E-state index contributed by atoms with van der Waals surface area (Å²) < 4.78 is 13.3. The average molecular weight is 402 g/mol. The van der Waals surface area contributed by atoms with Crippen LogP contribution >= 0.6 is 22.9 Å². The van der Waals surface area contributed by atoms with Gasteiger partial charge in [0.05, 0.1) is 5.69 Å². The first-order chi connectivity index (χ1) is 13.0. The third kappa shape index (κ3) is 3.11. The lowest BCUT2D eigenvalue weighted by Crippen LogP contribution is -2.22. The van der Waals surface area contributed by atoms with E-state index < -0.39 is 11.8 Å². The number of rotatable bonds is 3. The molecular weight excluding hydrogens is 389 g/mol. The van der Waals surface area contributed by atoms with Crippen LogP contribution in [0.1, 0.15) is 32.5 Å². The van der Waals surface area contributed by atoms with Gasteiger partial charge < -0.3 is 10.4 Å². The van der Waals surface area contributed by atoms with Gasteiger partial charge in [0.2, 0.25) is 5.91 Å². The zero-order valence-electron chi connectivity index (χ0n) is 13.8. The van der Waals surface area contributed by atoms with E-state index in [1.807, 2.05) is 12.1 Å². The maximum absolute atomic E-state index is 13.3. The predicted molar refractivity (Wildman–Crippen MR) is 103 cm³/mol. The number of amides is 1. The molecule has 2 N–H and O–H groups in total. The van der Waals surface area contributed by atoms with Gasteiger partial charge in [0, 0.05) is 27.8 Å². The SMILES string of the molecule is O=C1CC(c2ccccc2Cl)c2sc(C(=O)O)c(-c3ccc(F)cc3)c2N1. The Morgan fingerprint density at radius 2 is 1.89 bits per heavy atom. The first-order valence-electron chi connectivity index (χ1n) is 8.16. The van der Waals surface area contributed by atoms with E-state index >= 15 is 0 Å². The van der Waals surface area contributed by atoms with E-state index in [2.05, 4.69) is 5.32 Å². The highest BCUT2D eigenvalue weighted by atomic mass is 35.5. The van der Waals surface area contributed by atoms with Crippen LogP contribution < -0.4 is 5.32 Å². The quantitative estimate of drug-likeness (QED) is 0.619. The van der Waals surface area contributed by atoms with Crippen molar-refractivity contribution >= 4 is 40.5 Å². The van der Waals surface area contributed by atoms with Gasteiger partial charge in [-0.3, -0.25) is 4.79 Å². The molecule has 27 heavy (non-hydrogen) atoms. The summed E-state index contributed by atoms with van der Waals surface area (Å²) in [5.74, 6) is -2.07. The van der Waals surface area contributed by atoms with Crippen LogP contribution in [0.15, 0.2) is 48.5 Å². The second kappa shape index (κ2) is 6.79. The fourth-order valence-corrected chi connectivity index (χ4v) is 4.84. The van der Waals surface area contributed by atoms with Gasteiger partial charge in [-0.15, -0.1) is 11.3 Å². The Bertz CT molecular complexity index is 1060. The van der Waals surface area contributed by atoms with Crippen LogP contribution in [0.4, 0.5) is 10.1 Å². The van der Waals surface area contributed by atoms with E-state index in [1.54, 1.807) is 12.1 Å². The molecule has 136 valence electrons. The lowest BCUT2D eigenvalue weighted by atomic mass is 9.88. The lowest BCUT2D eigenvalue weighted by molar-refractivity contribution is -0.116. The van der Waals surface area contributed by atoms with Gasteiger partial charge in [-0.25, -0.2) is 9.18 Å². The van der Waals surface area contributed by atoms with Crippen LogP contribution in [-0.2, 0) is 4.79 Å². The third-order valence-electron chi connectivity index (χ3n) is 4.51. The van der Waals surface area contributed by atoms with E-state index in [9.17, 15) is 19.1 Å². The number of hydrogen-bond acceptors (Lipinski definition) is 3. The van der Waals surface area contributed by atoms with E-state index in [0.717, 1.165) is 21.8 Å². The number of carbonyl (C=O) groups is 2. The van der Waals surface area contributed by atoms with E-state index in [1.165, 1.54) is 24.3 Å². The number of carbonyl (C=O) groups excluding carboxylic acids is 1. The number of thiophene rings is 1. The highest BCUT2D eigenvalue weighted by Crippen LogP contribution is 2.50. The highest BCUT2D eigenvalue weighted by Gasteiger charge is 2.35. The Morgan fingerprint density at radius 3 is 2.56 bits per heavy atom. The molecule has 0 radical (unpaired) electrons. The summed E-state index contributed by atoms with van der Waals surface area (Å²) >= 11 is 7.45. The van der Waals surface area contributed by atoms with Crippen molar-refractivity contribution in [2.24, 2.45) is 0 Å². The first-order valence-corrected chi connectivity index (χ1v) is 9.35. The molecule has 3 aromatic rings. The Kier molecular flexibility index (Phi) is 4.45. The van der Waals surface area contributed by atoms with Crippen molar-refractivity contribution in [1.29, 1.82) is 0 Å². The summed E-state index contributed by atoms with van der Waals surface area (Å²) in [6, 6.07) is 12.8. The number of carboxylic acid groups (broad SMARTS) is 1. The maximum Gasteiger partial charge on any atom is 0.346 e. The van der Waals surface area contributed by atoms with Crippen molar-refractivity contribution in [2.45, 2.75) is 12.3 Å². The van der Waals surface area contributed by atoms with Crippen LogP contribution in [0.5, 0.6) is 0 Å². The minimum atomic E-state index is -1.10. The van der Waals surface area contributed by atoms with Crippen molar-refractivity contribution in [3.8, 4) is 11.1 Å². The van der Waals surface area contributed by atoms with E-state index in [0.29, 0.717) is 21.8 Å². The molecule has 1 aliphatic rings. The topological polar surface area (TPSA) is 66.4 Å². The van der Waals surface area contributed by atoms with Crippen molar-refractivity contribution in [3.05, 3.63) is 74.7 Å². The Balaban J connectivity index is 1.95. The van der Waals surface area contributed by atoms with Crippen molar-refractivity contribution in [1.82, 2.24) is 0 Å². The Hall–Kier alpha value is -2.70. The number of hydrogen-bond donors (Lipinski definition) is 2. The standard InChI is InChI=1S/C20H13ClFNO3S/c21-14-4-2-1-3-12(14)13-9-15(24)23-17-16(10-5-7-11(22)8-6-10)19(20(25)26)27-18(13)17/h1-8,13H,9H2,(H,23,24)(H,25,26). The molecule has 0 bridgehead atoms. The van der Waals surface area contributed by atoms with Gasteiger partial charge in [0.15, 0.2) is 0 Å². The zero-order valence-corrected chi connectivity index (χ0v) is 15.4. The van der Waals surface area contributed by atoms with Gasteiger partial charge in [-0.05, 0) is 29.3 Å². The molecule has 0 fully saturated rings. The number of nitrogens with one attached hydrogen (secondary N) is 1. The normalized spacial score (nSPS) is 15.9. The zero-order chi connectivity index (χ0) is 19.1. The molecule has 0 spiro atoms. The molecule has 0 saturated carbocycles. The van der Waals surface area contributed by atoms with Crippen molar-refractivity contribution in [2.75, 3.05) is 5.32 Å². The molecule has 1 unspecified atom stereocenters. The molecule has 0 aliphatic carbocycles. The van der Waals surface area contributed by atoms with Crippen LogP contribution in [0.3, 0.4) is 0 Å². The molecule has 2 aromatic carbocycles. The minimum Gasteiger partial charge on any atom is -0.477 e. The molecule has 1 aliphatic heterocycles. The first kappa shape index (κ1) is 17.7. The third-order valence-corrected chi connectivity index (χ3v) is 6.15. The van der Waals surface area contributed by atoms with Crippen molar-refractivity contribution in [3.63, 3.8) is 0 Å². The lowest BCUT2D eigenvalue weighted by Gasteiger charge is -2.24. The summed E-state index contributed by atoms with van der Waals surface area (Å²) in [5, 5.41) is 13.0. The molecule has 1 aromatic heterocycles. The van der Waals surface area contributed by atoms with Gasteiger partial charge in [0.25, 0.3) is 0 Å². The number of halogens is 2. The fraction of sp³-hybridized carbons (Fsp3) is 0.100. The van der Waals surface area contributed by atoms with Gasteiger partial charge >= 0.3 is 5.97 Å². The molecule has 4 rings (SSSR count). The number of benzene rings is 2. The Morgan fingerprint density at radius 1 is 1.19 bits per heavy atom. The molecule has 1 amide bonds. The second-order valence-electron chi connectivity index (χ2n) is 6.18. The fourth-order valence-electron chi connectivity index (χ4n) is 3.34. The average Bonchev–Trinajstić information content (AvgIpc) is 3.02. The Labute approximate surface area is 163 Å². The highest BCUT2D eigenvalue weighted by molar-refractivity contribution is 7.15. The molecule has 2 heterocycles. The van der Waals surface area contributed by atoms with Gasteiger partial charge in [-0.1, -0.05) is 41.9 Å². The smallest absolute Gasteiger partial charge is 0.346 e. The monoisotopic (exact) mass is 401 g/mol. The molecule has 7 heteroatoms. The van der Waals surface area contributed by atoms with Crippen LogP contribution in [0.25, 0.3) is 11.1 Å². The number of aromatic carboxylic acids is 1. The minimum absolute atomic E-state index is 0.103.